The van der Waals surface area contributed by atoms with Crippen LogP contribution in [0.25, 0.3) is 0 Å². The molecule has 0 saturated heterocycles. The van der Waals surface area contributed by atoms with Crippen molar-refractivity contribution in [3.8, 4) is 0 Å². The number of carbonyl (C=O) groups excluding carboxylic acids is 1. The predicted octanol–water partition coefficient (Wildman–Crippen LogP) is 2.80. The van der Waals surface area contributed by atoms with Crippen molar-refractivity contribution in [2.75, 3.05) is 23.7 Å². The van der Waals surface area contributed by atoms with Crippen molar-refractivity contribution >= 4 is 33.0 Å². The highest BCUT2D eigenvalue weighted by atomic mass is 32.2. The molecule has 0 aliphatic carbocycles. The lowest BCUT2D eigenvalue weighted by molar-refractivity contribution is -0.120. The summed E-state index contributed by atoms with van der Waals surface area (Å²) >= 11 is 1.53. The van der Waals surface area contributed by atoms with E-state index in [4.69, 9.17) is 0 Å². The summed E-state index contributed by atoms with van der Waals surface area (Å²) in [5, 5.41) is 4.73. The predicted molar refractivity (Wildman–Crippen MR) is 104 cm³/mol. The van der Waals surface area contributed by atoms with Gasteiger partial charge in [-0.1, -0.05) is 23.8 Å². The second-order valence-corrected chi connectivity index (χ2v) is 9.13. The number of hydrogen-bond donors (Lipinski definition) is 1. The summed E-state index contributed by atoms with van der Waals surface area (Å²) in [5.74, 6) is -0.103. The number of benzene rings is 1. The number of amides is 1. The highest BCUT2D eigenvalue weighted by Crippen LogP contribution is 2.27. The van der Waals surface area contributed by atoms with E-state index in [-0.39, 0.29) is 19.0 Å². The molecule has 25 heavy (non-hydrogen) atoms. The minimum Gasteiger partial charge on any atom is -0.354 e. The molecule has 0 aliphatic rings. The van der Waals surface area contributed by atoms with Crippen LogP contribution in [0.15, 0.2) is 29.6 Å². The SMILES string of the molecule is Cc1cc(C)c(N(CCNC(=O)Cc2cccs2)S(C)(=O)=O)c(C)c1. The smallest absolute Gasteiger partial charge is 0.232 e. The maximum Gasteiger partial charge on any atom is 0.232 e. The molecule has 1 N–H and O–H groups in total. The Morgan fingerprint density at radius 3 is 2.36 bits per heavy atom. The van der Waals surface area contributed by atoms with E-state index in [1.807, 2.05) is 50.4 Å². The van der Waals surface area contributed by atoms with Gasteiger partial charge in [0.2, 0.25) is 15.9 Å². The number of thiophene rings is 1. The lowest BCUT2D eigenvalue weighted by Gasteiger charge is -2.26. The van der Waals surface area contributed by atoms with Crippen LogP contribution in [0.3, 0.4) is 0 Å². The number of carbonyl (C=O) groups is 1. The van der Waals surface area contributed by atoms with E-state index in [1.54, 1.807) is 0 Å². The molecule has 7 heteroatoms. The van der Waals surface area contributed by atoms with E-state index in [1.165, 1.54) is 21.9 Å². The summed E-state index contributed by atoms with van der Waals surface area (Å²) in [6.45, 7) is 6.27. The van der Waals surface area contributed by atoms with Crippen LogP contribution in [0, 0.1) is 20.8 Å². The monoisotopic (exact) mass is 380 g/mol. The first kappa shape index (κ1) is 19.5. The van der Waals surface area contributed by atoms with Crippen LogP contribution >= 0.6 is 11.3 Å². The Hall–Kier alpha value is -1.86. The first-order chi connectivity index (χ1) is 11.7. The van der Waals surface area contributed by atoms with Crippen molar-refractivity contribution < 1.29 is 13.2 Å². The van der Waals surface area contributed by atoms with E-state index >= 15 is 0 Å². The summed E-state index contributed by atoms with van der Waals surface area (Å²) in [6.07, 6.45) is 1.51. The van der Waals surface area contributed by atoms with Crippen molar-refractivity contribution in [1.82, 2.24) is 5.32 Å². The molecule has 0 saturated carbocycles. The normalized spacial score (nSPS) is 11.4. The molecule has 2 aromatic rings. The lowest BCUT2D eigenvalue weighted by Crippen LogP contribution is -2.39. The number of hydrogen-bond acceptors (Lipinski definition) is 4. The molecule has 0 radical (unpaired) electrons. The molecule has 1 aromatic carbocycles. The molecule has 0 spiro atoms. The Bertz CT molecular complexity index is 820. The van der Waals surface area contributed by atoms with Gasteiger partial charge in [0.25, 0.3) is 0 Å². The average Bonchev–Trinajstić information content (AvgIpc) is 2.96. The van der Waals surface area contributed by atoms with E-state index in [9.17, 15) is 13.2 Å². The molecule has 1 amide bonds. The van der Waals surface area contributed by atoms with Gasteiger partial charge >= 0.3 is 0 Å². The number of rotatable bonds is 7. The van der Waals surface area contributed by atoms with Gasteiger partial charge < -0.3 is 5.32 Å². The molecule has 5 nitrogen and oxygen atoms in total. The molecular weight excluding hydrogens is 356 g/mol. The Morgan fingerprint density at radius 1 is 1.20 bits per heavy atom. The zero-order valence-corrected chi connectivity index (χ0v) is 16.6. The van der Waals surface area contributed by atoms with Gasteiger partial charge in [-0.15, -0.1) is 11.3 Å². The van der Waals surface area contributed by atoms with Gasteiger partial charge in [0, 0.05) is 11.4 Å². The maximum absolute atomic E-state index is 12.3. The summed E-state index contributed by atoms with van der Waals surface area (Å²) in [5.41, 5.74) is 3.61. The largest absolute Gasteiger partial charge is 0.354 e. The van der Waals surface area contributed by atoms with Crippen molar-refractivity contribution in [1.29, 1.82) is 0 Å². The molecule has 0 atom stereocenters. The van der Waals surface area contributed by atoms with E-state index in [0.717, 1.165) is 21.6 Å². The summed E-state index contributed by atoms with van der Waals surface area (Å²) in [4.78, 5) is 13.0. The Morgan fingerprint density at radius 2 is 1.84 bits per heavy atom. The maximum atomic E-state index is 12.3. The quantitative estimate of drug-likeness (QED) is 0.803. The molecule has 0 bridgehead atoms. The second kappa shape index (κ2) is 8.01. The van der Waals surface area contributed by atoms with Gasteiger partial charge in [-0.3, -0.25) is 9.10 Å². The topological polar surface area (TPSA) is 66.5 Å². The van der Waals surface area contributed by atoms with E-state index in [0.29, 0.717) is 12.1 Å². The van der Waals surface area contributed by atoms with Crippen LogP contribution in [0.2, 0.25) is 0 Å². The van der Waals surface area contributed by atoms with Gasteiger partial charge in [-0.2, -0.15) is 0 Å². The molecule has 0 unspecified atom stereocenters. The molecule has 0 fully saturated rings. The fourth-order valence-corrected chi connectivity index (χ4v) is 4.69. The molecule has 0 aliphatic heterocycles. The first-order valence-corrected chi connectivity index (χ1v) is 10.8. The van der Waals surface area contributed by atoms with Crippen molar-refractivity contribution in [3.05, 3.63) is 51.2 Å². The average molecular weight is 381 g/mol. The second-order valence-electron chi connectivity index (χ2n) is 6.19. The van der Waals surface area contributed by atoms with Gasteiger partial charge in [-0.05, 0) is 43.3 Å². The minimum atomic E-state index is -3.44. The molecule has 2 rings (SSSR count). The third-order valence-electron chi connectivity index (χ3n) is 3.84. The van der Waals surface area contributed by atoms with Crippen LogP contribution in [0.1, 0.15) is 21.6 Å². The summed E-state index contributed by atoms with van der Waals surface area (Å²) in [6, 6.07) is 7.75. The Kier molecular flexibility index (Phi) is 6.24. The number of sulfonamides is 1. The zero-order chi connectivity index (χ0) is 18.6. The third-order valence-corrected chi connectivity index (χ3v) is 5.88. The zero-order valence-electron chi connectivity index (χ0n) is 15.0. The van der Waals surface area contributed by atoms with E-state index in [2.05, 4.69) is 5.32 Å². The first-order valence-electron chi connectivity index (χ1n) is 8.03. The third kappa shape index (κ3) is 5.31. The van der Waals surface area contributed by atoms with Crippen molar-refractivity contribution in [2.24, 2.45) is 0 Å². The van der Waals surface area contributed by atoms with Crippen molar-refractivity contribution in [3.63, 3.8) is 0 Å². The van der Waals surface area contributed by atoms with Gasteiger partial charge in [0.05, 0.1) is 24.9 Å². The van der Waals surface area contributed by atoms with Crippen LogP contribution < -0.4 is 9.62 Å². The Labute approximate surface area is 153 Å². The number of nitrogens with one attached hydrogen (secondary N) is 1. The van der Waals surface area contributed by atoms with Crippen molar-refractivity contribution in [2.45, 2.75) is 27.2 Å². The van der Waals surface area contributed by atoms with Gasteiger partial charge in [0.15, 0.2) is 0 Å². The summed E-state index contributed by atoms with van der Waals surface area (Å²) < 4.78 is 25.9. The van der Waals surface area contributed by atoms with Crippen LogP contribution in [-0.4, -0.2) is 33.7 Å². The highest BCUT2D eigenvalue weighted by molar-refractivity contribution is 7.92. The Balaban J connectivity index is 2.08. The van der Waals surface area contributed by atoms with Crippen LogP contribution in [-0.2, 0) is 21.2 Å². The van der Waals surface area contributed by atoms with Gasteiger partial charge in [0.1, 0.15) is 0 Å². The summed E-state index contributed by atoms with van der Waals surface area (Å²) in [7, 11) is -3.44. The number of anilines is 1. The fourth-order valence-electron chi connectivity index (χ4n) is 2.94. The van der Waals surface area contributed by atoms with Crippen LogP contribution in [0.4, 0.5) is 5.69 Å². The fraction of sp³-hybridized carbons (Fsp3) is 0.389. The molecule has 1 aromatic heterocycles. The van der Waals surface area contributed by atoms with Crippen LogP contribution in [0.5, 0.6) is 0 Å². The van der Waals surface area contributed by atoms with Gasteiger partial charge in [-0.25, -0.2) is 8.42 Å². The lowest BCUT2D eigenvalue weighted by atomic mass is 10.1. The standard InChI is InChI=1S/C18H24N2O3S2/c1-13-10-14(2)18(15(3)11-13)20(25(4,22)23)8-7-19-17(21)12-16-6-5-9-24-16/h5-6,9-11H,7-8,12H2,1-4H3,(H,19,21). The number of aryl methyl sites for hydroxylation is 3. The molecule has 1 heterocycles. The molecule has 136 valence electrons. The minimum absolute atomic E-state index is 0.103. The highest BCUT2D eigenvalue weighted by Gasteiger charge is 2.21. The molecular formula is C18H24N2O3S2. The van der Waals surface area contributed by atoms with E-state index < -0.39 is 10.0 Å². The number of nitrogens with zero attached hydrogens (tertiary/aromatic N) is 1.